The Bertz CT molecular complexity index is 5350. The highest BCUT2D eigenvalue weighted by Gasteiger charge is 2.71. The second-order valence-electron chi connectivity index (χ2n) is 33.5. The number of rotatable bonds is 28. The van der Waals surface area contributed by atoms with Gasteiger partial charge in [0.25, 0.3) is 35.4 Å². The molecule has 8 aromatic rings. The Morgan fingerprint density at radius 2 is 0.884 bits per heavy atom. The molecule has 121 heavy (non-hydrogen) atoms. The molecule has 0 saturated heterocycles. The maximum atomic E-state index is 13.5. The zero-order valence-electron chi connectivity index (χ0n) is 65.6. The van der Waals surface area contributed by atoms with Crippen LogP contribution in [0.15, 0.2) is 111 Å². The first-order valence-corrected chi connectivity index (χ1v) is 39.5. The largest absolute Gasteiger partial charge is 0.586 e. The van der Waals surface area contributed by atoms with E-state index in [9.17, 15) is 69.1 Å². The van der Waals surface area contributed by atoms with E-state index in [1.54, 1.807) is 32.9 Å². The summed E-state index contributed by atoms with van der Waals surface area (Å²) in [5, 5.41) is 26.3. The molecule has 12 aliphatic carbocycles. The zero-order valence-corrected chi connectivity index (χ0v) is 67.1. The number of carbonyl (C=O) groups is 8. The van der Waals surface area contributed by atoms with Gasteiger partial charge < -0.3 is 78.0 Å². The Balaban J connectivity index is 0.000000126. The Morgan fingerprint density at radius 3 is 1.27 bits per heavy atom. The lowest BCUT2D eigenvalue weighted by Crippen LogP contribution is -2.75. The van der Waals surface area contributed by atoms with Gasteiger partial charge in [-0.25, -0.2) is 18.2 Å². The van der Waals surface area contributed by atoms with Gasteiger partial charge in [-0.2, -0.15) is 4.98 Å². The molecule has 4 aromatic heterocycles. The minimum absolute atomic E-state index is 0.00288. The first kappa shape index (κ1) is 84.4. The number of benzene rings is 4. The minimum Gasteiger partial charge on any atom is -0.484 e. The van der Waals surface area contributed by atoms with Gasteiger partial charge in [0.1, 0.15) is 46.5 Å². The lowest BCUT2D eigenvalue weighted by molar-refractivity contribution is -0.287. The third-order valence-corrected chi connectivity index (χ3v) is 24.3. The third-order valence-electron chi connectivity index (χ3n) is 23.6. The minimum atomic E-state index is -3.72. The molecular formula is C82H80Cl2F7N11O19. The number of hydrogen-bond donors (Lipinski definition) is 5. The number of carbonyl (C=O) groups excluding carboxylic acids is 8. The van der Waals surface area contributed by atoms with Crippen LogP contribution in [0.3, 0.4) is 0 Å². The molecule has 22 rings (SSSR count). The Morgan fingerprint density at radius 1 is 0.479 bits per heavy atom. The summed E-state index contributed by atoms with van der Waals surface area (Å²) in [5.74, 6) is -1.52. The topological polar surface area (TPSA) is 387 Å². The van der Waals surface area contributed by atoms with E-state index in [0.717, 1.165) is 82.8 Å². The van der Waals surface area contributed by atoms with Crippen molar-refractivity contribution < 1.29 is 121 Å². The SMILES string of the molecule is CC(F)c1cnc(C(=O)CC23CC(NC(=O)COc4ccc5c(c4)OC(F)(F)O5)(C2)C3)cn1.Cc1cc(C(=O)CC23CC(NC(=O)COc4ccc5c(c4)OC(F)(F)O5)(C2)C3)on1.Cc1cc(C(=O)NC23CCC(NC(=O)COc4ccc(Cl)c(F)c4)(CC2)CC3C)on1.Cc1noc(C(=O)CC23CC(NC(=O)COc4ccc(Cl)c(F)c4)(C2)C3)n1. The van der Waals surface area contributed by atoms with Gasteiger partial charge in [0.2, 0.25) is 23.1 Å². The molecular weight excluding hydrogens is 1650 g/mol. The van der Waals surface area contributed by atoms with Gasteiger partial charge in [0.05, 0.1) is 39.5 Å². The molecule has 2 unspecified atom stereocenters. The molecule has 12 fully saturated rings. The van der Waals surface area contributed by atoms with Crippen molar-refractivity contribution >= 4 is 70.1 Å². The molecule has 4 aromatic carbocycles. The molecule has 14 aliphatic rings. The van der Waals surface area contributed by atoms with Crippen LogP contribution in [0.5, 0.6) is 46.0 Å². The van der Waals surface area contributed by atoms with Crippen molar-refractivity contribution in [3.8, 4) is 46.0 Å². The van der Waals surface area contributed by atoms with Crippen LogP contribution in [-0.4, -0.2) is 144 Å². The lowest BCUT2D eigenvalue weighted by Gasteiger charge is -2.70. The fourth-order valence-corrected chi connectivity index (χ4v) is 19.0. The van der Waals surface area contributed by atoms with E-state index in [2.05, 4.69) is 82.9 Å². The number of amides is 5. The van der Waals surface area contributed by atoms with Gasteiger partial charge in [-0.05, 0) is 188 Å². The van der Waals surface area contributed by atoms with E-state index >= 15 is 0 Å². The molecule has 12 saturated carbocycles. The van der Waals surface area contributed by atoms with Gasteiger partial charge in [-0.3, -0.25) is 43.3 Å². The summed E-state index contributed by atoms with van der Waals surface area (Å²) >= 11 is 11.3. The number of ketones is 3. The second kappa shape index (κ2) is 32.1. The van der Waals surface area contributed by atoms with Crippen molar-refractivity contribution in [2.75, 3.05) is 26.4 Å². The van der Waals surface area contributed by atoms with Crippen molar-refractivity contribution in [1.29, 1.82) is 0 Å². The molecule has 30 nitrogen and oxygen atoms in total. The number of aromatic nitrogens is 6. The smallest absolute Gasteiger partial charge is 0.484 e. The average Bonchev–Trinajstić information content (AvgIpc) is 1.19. The predicted octanol–water partition coefficient (Wildman–Crippen LogP) is 13.2. The number of halogens is 9. The number of nitrogens with zero attached hydrogens (tertiary/aromatic N) is 6. The van der Waals surface area contributed by atoms with Gasteiger partial charge in [0, 0.05) is 83.4 Å². The zero-order chi connectivity index (χ0) is 86.0. The third kappa shape index (κ3) is 18.7. The summed E-state index contributed by atoms with van der Waals surface area (Å²) in [6.07, 6.45) is 5.09. The number of hydrogen-bond acceptors (Lipinski definition) is 25. The van der Waals surface area contributed by atoms with Crippen molar-refractivity contribution in [1.82, 2.24) is 57.0 Å². The van der Waals surface area contributed by atoms with Gasteiger partial charge in [-0.15, -0.1) is 17.6 Å². The highest BCUT2D eigenvalue weighted by molar-refractivity contribution is 6.31. The average molecular weight is 1730 g/mol. The van der Waals surface area contributed by atoms with E-state index in [-0.39, 0.29) is 208 Å². The quantitative estimate of drug-likeness (QED) is 0.0225. The van der Waals surface area contributed by atoms with E-state index in [1.165, 1.54) is 80.0 Å². The van der Waals surface area contributed by atoms with E-state index < -0.39 is 30.4 Å². The summed E-state index contributed by atoms with van der Waals surface area (Å²) < 4.78 is 146. The predicted molar refractivity (Wildman–Crippen MR) is 405 cm³/mol. The fourth-order valence-electron chi connectivity index (χ4n) is 18.8. The van der Waals surface area contributed by atoms with Crippen molar-refractivity contribution in [2.24, 2.45) is 22.2 Å². The molecule has 0 radical (unpaired) electrons. The molecule has 0 spiro atoms. The van der Waals surface area contributed by atoms with Crippen molar-refractivity contribution in [2.45, 2.75) is 190 Å². The van der Waals surface area contributed by atoms with Crippen LogP contribution in [0.25, 0.3) is 0 Å². The molecule has 2 atom stereocenters. The highest BCUT2D eigenvalue weighted by atomic mass is 35.5. The number of Topliss-reactive ketones (excluding diaryl/α,β-unsaturated/α-hetero) is 3. The maximum absolute atomic E-state index is 13.5. The molecule has 5 N–H and O–H groups in total. The first-order chi connectivity index (χ1) is 57.2. The second-order valence-corrected chi connectivity index (χ2v) is 34.3. The Kier molecular flexibility index (Phi) is 22.4. The van der Waals surface area contributed by atoms with E-state index in [0.29, 0.717) is 55.7 Å². The Hall–Kier alpha value is -11.6. The monoisotopic (exact) mass is 1730 g/mol. The van der Waals surface area contributed by atoms with Crippen LogP contribution < -0.4 is 64.5 Å². The molecule has 8 bridgehead atoms. The van der Waals surface area contributed by atoms with Crippen LogP contribution in [0.2, 0.25) is 10.0 Å². The van der Waals surface area contributed by atoms with E-state index in [1.807, 2.05) is 0 Å². The molecule has 640 valence electrons. The van der Waals surface area contributed by atoms with Crippen molar-refractivity contribution in [3.63, 3.8) is 0 Å². The first-order valence-electron chi connectivity index (χ1n) is 38.7. The van der Waals surface area contributed by atoms with Crippen molar-refractivity contribution in [3.05, 3.63) is 165 Å². The highest BCUT2D eigenvalue weighted by Crippen LogP contribution is 2.71. The number of nitrogens with one attached hydrogen (secondary N) is 5. The summed E-state index contributed by atoms with van der Waals surface area (Å²) in [4.78, 5) is 111. The molecule has 39 heteroatoms. The lowest BCUT2D eigenvalue weighted by atomic mass is 9.38. The standard InChI is InChI=1S/C22H25ClFN3O4.C22H20F3N3O5.C20H18F2N2O6.C18H17ClFN3O4/c1-13-11-21(25-19(28)12-30-15-3-4-16(23)17(24)10-15)5-7-22(13,8-6-21)26-20(29)18-9-14(2)27-31-18;1-12(23)14-6-27-15(7-26-14)16(29)5-20-9-21(10-20,11-20)28-19(30)8-31-13-2-3-17-18(4-13)33-22(24,25)32-17;1-11-4-15(30-24-11)13(25)6-18-8-19(9-18,10-18)23-17(26)7-27-12-2-3-14-16(5-12)29-20(21,22)28-14;1-10-21-16(27-23-10)14(24)5-17-7-18(8-17,9-17)22-15(25)6-26-11-2-3-12(19)13(20)4-11/h3-4,9-10,13H,5-8,11-12H2,1-2H3,(H,25,28)(H,26,29);2-4,6-7,12H,5,8-11H2,1H3,(H,28,30);2-5H,6-10H2,1H3,(H,23,26);2-4H,5-9H2,1H3,(H,22,25). The summed E-state index contributed by atoms with van der Waals surface area (Å²) in [5.41, 5.74) is -0.186. The van der Waals surface area contributed by atoms with E-state index in [4.69, 9.17) is 55.7 Å². The Labute approximate surface area is 694 Å². The number of ether oxygens (including phenoxy) is 8. The summed E-state index contributed by atoms with van der Waals surface area (Å²) in [6.45, 7) is 7.66. The van der Waals surface area contributed by atoms with Gasteiger partial charge >= 0.3 is 12.6 Å². The van der Waals surface area contributed by atoms with Crippen LogP contribution in [-0.2, 0) is 19.2 Å². The van der Waals surface area contributed by atoms with Crippen LogP contribution in [0.1, 0.15) is 194 Å². The normalized spacial score (nSPS) is 26.5. The molecule has 2 aliphatic heterocycles. The maximum Gasteiger partial charge on any atom is 0.586 e. The molecule has 5 amide bonds. The van der Waals surface area contributed by atoms with Crippen LogP contribution in [0.4, 0.5) is 30.7 Å². The van der Waals surface area contributed by atoms with Gasteiger partial charge in [-0.1, -0.05) is 45.6 Å². The summed E-state index contributed by atoms with van der Waals surface area (Å²) in [6, 6.07) is 19.2. The number of alkyl halides is 5. The number of aryl methyl sites for hydroxylation is 3. The fraction of sp³-hybridized carbons (Fsp3) is 0.463. The van der Waals surface area contributed by atoms with Crippen LogP contribution in [0, 0.1) is 54.6 Å². The number of fused-ring (bicyclic) bond motifs is 5. The summed E-state index contributed by atoms with van der Waals surface area (Å²) in [7, 11) is 0. The van der Waals surface area contributed by atoms with Gasteiger partial charge in [0.15, 0.2) is 61.0 Å². The van der Waals surface area contributed by atoms with Crippen LogP contribution >= 0.6 is 23.2 Å². The molecule has 6 heterocycles.